The molecule has 1 rings (SSSR count). The fourth-order valence-corrected chi connectivity index (χ4v) is 1.48. The van der Waals surface area contributed by atoms with Crippen LogP contribution in [0.25, 0.3) is 0 Å². The monoisotopic (exact) mass is 225 g/mol. The third kappa shape index (κ3) is 4.29. The van der Waals surface area contributed by atoms with Crippen LogP contribution in [-0.2, 0) is 0 Å². The van der Waals surface area contributed by atoms with Crippen molar-refractivity contribution in [2.24, 2.45) is 5.92 Å². The van der Waals surface area contributed by atoms with Crippen molar-refractivity contribution in [1.29, 1.82) is 0 Å². The molecular weight excluding hydrogens is 205 g/mol. The zero-order valence-electron chi connectivity index (χ0n) is 9.91. The van der Waals surface area contributed by atoms with Crippen molar-refractivity contribution in [2.45, 2.75) is 26.4 Å². The number of aliphatic hydroxyl groups excluding tert-OH is 1. The smallest absolute Gasteiger partial charge is 0.129 e. The van der Waals surface area contributed by atoms with Gasteiger partial charge in [-0.25, -0.2) is 4.39 Å². The van der Waals surface area contributed by atoms with Gasteiger partial charge in [-0.05, 0) is 24.9 Å². The lowest BCUT2D eigenvalue weighted by Crippen LogP contribution is -2.23. The first-order chi connectivity index (χ1) is 7.61. The third-order valence-corrected chi connectivity index (χ3v) is 2.50. The van der Waals surface area contributed by atoms with Gasteiger partial charge in [0.05, 0.1) is 6.10 Å². The minimum absolute atomic E-state index is 0.347. The van der Waals surface area contributed by atoms with Gasteiger partial charge in [0, 0.05) is 12.1 Å². The molecule has 0 fully saturated rings. The lowest BCUT2D eigenvalue weighted by molar-refractivity contribution is 0.169. The minimum atomic E-state index is -0.770. The van der Waals surface area contributed by atoms with Gasteiger partial charge in [-0.15, -0.1) is 0 Å². The first-order valence-electron chi connectivity index (χ1n) is 5.74. The van der Waals surface area contributed by atoms with Crippen LogP contribution in [-0.4, -0.2) is 18.2 Å². The summed E-state index contributed by atoms with van der Waals surface area (Å²) in [6.07, 6.45) is 0.289. The predicted octanol–water partition coefficient (Wildman–Crippen LogP) is 2.49. The molecule has 2 nitrogen and oxygen atoms in total. The van der Waals surface area contributed by atoms with E-state index in [1.807, 2.05) is 0 Å². The normalized spacial score (nSPS) is 13.1. The minimum Gasteiger partial charge on any atom is -0.387 e. The van der Waals surface area contributed by atoms with Crippen LogP contribution >= 0.6 is 0 Å². The number of benzene rings is 1. The molecule has 0 radical (unpaired) electrons. The number of hydrogen-bond donors (Lipinski definition) is 2. The Labute approximate surface area is 96.5 Å². The molecule has 0 aliphatic heterocycles. The molecule has 1 aromatic carbocycles. The van der Waals surface area contributed by atoms with Crippen LogP contribution in [0, 0.1) is 11.7 Å². The SMILES string of the molecule is CC(C)CCNCC(O)c1ccccc1F. The molecule has 1 unspecified atom stereocenters. The number of rotatable bonds is 6. The number of hydrogen-bond acceptors (Lipinski definition) is 2. The van der Waals surface area contributed by atoms with Crippen molar-refractivity contribution >= 4 is 0 Å². The van der Waals surface area contributed by atoms with Gasteiger partial charge in [-0.3, -0.25) is 0 Å². The Morgan fingerprint density at radius 2 is 2.00 bits per heavy atom. The Hall–Kier alpha value is -0.930. The molecule has 0 aliphatic carbocycles. The van der Waals surface area contributed by atoms with Crippen molar-refractivity contribution in [3.05, 3.63) is 35.6 Å². The second kappa shape index (κ2) is 6.61. The number of nitrogens with one attached hydrogen (secondary N) is 1. The number of halogens is 1. The molecule has 1 aromatic rings. The fourth-order valence-electron chi connectivity index (χ4n) is 1.48. The summed E-state index contributed by atoms with van der Waals surface area (Å²) >= 11 is 0. The number of aliphatic hydroxyl groups is 1. The predicted molar refractivity (Wildman–Crippen MR) is 63.7 cm³/mol. The summed E-state index contributed by atoms with van der Waals surface area (Å²) in [5, 5.41) is 12.9. The van der Waals surface area contributed by atoms with E-state index in [1.165, 1.54) is 6.07 Å². The molecule has 0 aromatic heterocycles. The molecule has 0 saturated carbocycles. The molecule has 16 heavy (non-hydrogen) atoms. The quantitative estimate of drug-likeness (QED) is 0.729. The van der Waals surface area contributed by atoms with Crippen molar-refractivity contribution in [2.75, 3.05) is 13.1 Å². The molecule has 0 saturated heterocycles. The van der Waals surface area contributed by atoms with E-state index in [4.69, 9.17) is 0 Å². The summed E-state index contributed by atoms with van der Waals surface area (Å²) in [6.45, 7) is 5.54. The lowest BCUT2D eigenvalue weighted by atomic mass is 10.1. The molecule has 0 aliphatic rings. The van der Waals surface area contributed by atoms with Crippen LogP contribution in [0.15, 0.2) is 24.3 Å². The highest BCUT2D eigenvalue weighted by Gasteiger charge is 2.11. The van der Waals surface area contributed by atoms with E-state index in [-0.39, 0.29) is 5.82 Å². The van der Waals surface area contributed by atoms with E-state index in [1.54, 1.807) is 18.2 Å². The zero-order valence-corrected chi connectivity index (χ0v) is 9.91. The van der Waals surface area contributed by atoms with Crippen molar-refractivity contribution < 1.29 is 9.50 Å². The van der Waals surface area contributed by atoms with Gasteiger partial charge in [-0.2, -0.15) is 0 Å². The Bertz CT molecular complexity index is 315. The summed E-state index contributed by atoms with van der Waals surface area (Å²) in [4.78, 5) is 0. The highest BCUT2D eigenvalue weighted by Crippen LogP contribution is 2.15. The van der Waals surface area contributed by atoms with E-state index in [2.05, 4.69) is 19.2 Å². The van der Waals surface area contributed by atoms with E-state index >= 15 is 0 Å². The summed E-state index contributed by atoms with van der Waals surface area (Å²) < 4.78 is 13.3. The maximum atomic E-state index is 13.3. The van der Waals surface area contributed by atoms with Gasteiger partial charge >= 0.3 is 0 Å². The molecule has 2 N–H and O–H groups in total. The molecule has 0 bridgehead atoms. The van der Waals surface area contributed by atoms with Crippen molar-refractivity contribution in [1.82, 2.24) is 5.32 Å². The highest BCUT2D eigenvalue weighted by atomic mass is 19.1. The third-order valence-electron chi connectivity index (χ3n) is 2.50. The van der Waals surface area contributed by atoms with Crippen LogP contribution in [0.3, 0.4) is 0 Å². The Morgan fingerprint density at radius 1 is 1.31 bits per heavy atom. The van der Waals surface area contributed by atoms with Gasteiger partial charge in [0.1, 0.15) is 5.82 Å². The average molecular weight is 225 g/mol. The van der Waals surface area contributed by atoms with E-state index < -0.39 is 6.10 Å². The summed E-state index contributed by atoms with van der Waals surface area (Å²) in [7, 11) is 0. The molecule has 0 amide bonds. The Kier molecular flexibility index (Phi) is 5.43. The molecule has 90 valence electrons. The van der Waals surface area contributed by atoms with Crippen LogP contribution in [0.1, 0.15) is 31.9 Å². The maximum Gasteiger partial charge on any atom is 0.129 e. The summed E-state index contributed by atoms with van der Waals surface area (Å²) in [6, 6.07) is 6.34. The molecular formula is C13H20FNO. The Morgan fingerprint density at radius 3 is 2.62 bits per heavy atom. The molecule has 0 spiro atoms. The Balaban J connectivity index is 2.35. The van der Waals surface area contributed by atoms with Crippen LogP contribution in [0.2, 0.25) is 0 Å². The summed E-state index contributed by atoms with van der Waals surface area (Å²) in [5.74, 6) is 0.291. The second-order valence-electron chi connectivity index (χ2n) is 4.42. The summed E-state index contributed by atoms with van der Waals surface area (Å²) in [5.41, 5.74) is 0.361. The zero-order chi connectivity index (χ0) is 12.0. The molecule has 1 atom stereocenters. The van der Waals surface area contributed by atoms with Crippen LogP contribution in [0.4, 0.5) is 4.39 Å². The second-order valence-corrected chi connectivity index (χ2v) is 4.42. The van der Waals surface area contributed by atoms with E-state index in [0.717, 1.165) is 13.0 Å². The first-order valence-corrected chi connectivity index (χ1v) is 5.74. The molecule has 3 heteroatoms. The van der Waals surface area contributed by atoms with Gasteiger partial charge in [0.15, 0.2) is 0 Å². The van der Waals surface area contributed by atoms with Gasteiger partial charge in [0.25, 0.3) is 0 Å². The van der Waals surface area contributed by atoms with Gasteiger partial charge in [-0.1, -0.05) is 32.0 Å². The lowest BCUT2D eigenvalue weighted by Gasteiger charge is -2.13. The van der Waals surface area contributed by atoms with Crippen LogP contribution < -0.4 is 5.32 Å². The van der Waals surface area contributed by atoms with E-state index in [0.29, 0.717) is 18.0 Å². The van der Waals surface area contributed by atoms with Crippen molar-refractivity contribution in [3.63, 3.8) is 0 Å². The van der Waals surface area contributed by atoms with E-state index in [9.17, 15) is 9.50 Å². The average Bonchev–Trinajstić information content (AvgIpc) is 2.24. The fraction of sp³-hybridized carbons (Fsp3) is 0.538. The topological polar surface area (TPSA) is 32.3 Å². The van der Waals surface area contributed by atoms with Crippen molar-refractivity contribution in [3.8, 4) is 0 Å². The standard InChI is InChI=1S/C13H20FNO/c1-10(2)7-8-15-9-13(16)11-5-3-4-6-12(11)14/h3-6,10,13,15-16H,7-9H2,1-2H3. The highest BCUT2D eigenvalue weighted by molar-refractivity contribution is 5.19. The van der Waals surface area contributed by atoms with Gasteiger partial charge in [0.2, 0.25) is 0 Å². The maximum absolute atomic E-state index is 13.3. The largest absolute Gasteiger partial charge is 0.387 e. The van der Waals surface area contributed by atoms with Gasteiger partial charge < -0.3 is 10.4 Å². The first kappa shape index (κ1) is 13.1. The van der Waals surface area contributed by atoms with Crippen LogP contribution in [0.5, 0.6) is 0 Å². The molecule has 0 heterocycles.